The molecule has 0 saturated carbocycles. The standard InChI is InChI=1S/C22H21N5O3/c1-30-10-8-20(28)25-16-3-2-4-17(12-16)27-13-19(21(23)26-27)14-5-6-18-15(11-14)7-9-24-22(18)29/h2-6,8,10-13H,7,9H2,1H3,(H2,23,26)(H,24,29)(H,25,28)/b10-8+. The third kappa shape index (κ3) is 3.88. The lowest BCUT2D eigenvalue weighted by Crippen LogP contribution is -2.31. The number of amides is 2. The molecule has 8 nitrogen and oxygen atoms in total. The van der Waals surface area contributed by atoms with Crippen LogP contribution in [-0.2, 0) is 16.0 Å². The molecule has 8 heteroatoms. The van der Waals surface area contributed by atoms with Crippen LogP contribution >= 0.6 is 0 Å². The molecule has 0 radical (unpaired) electrons. The zero-order chi connectivity index (χ0) is 21.1. The van der Waals surface area contributed by atoms with Crippen molar-refractivity contribution < 1.29 is 14.3 Å². The minimum absolute atomic E-state index is 0.0503. The first-order valence-corrected chi connectivity index (χ1v) is 9.42. The van der Waals surface area contributed by atoms with Gasteiger partial charge in [0.2, 0.25) is 0 Å². The van der Waals surface area contributed by atoms with Crippen LogP contribution in [0.1, 0.15) is 15.9 Å². The summed E-state index contributed by atoms with van der Waals surface area (Å²) < 4.78 is 6.41. The molecule has 0 unspecified atom stereocenters. The Morgan fingerprint density at radius 2 is 2.13 bits per heavy atom. The summed E-state index contributed by atoms with van der Waals surface area (Å²) in [6.45, 7) is 0.627. The van der Waals surface area contributed by atoms with Gasteiger partial charge in [0.15, 0.2) is 5.82 Å². The van der Waals surface area contributed by atoms with Crippen LogP contribution in [0.25, 0.3) is 16.8 Å². The number of hydrogen-bond acceptors (Lipinski definition) is 5. The monoisotopic (exact) mass is 403 g/mol. The van der Waals surface area contributed by atoms with E-state index in [2.05, 4.69) is 15.7 Å². The SMILES string of the molecule is CO/C=C/C(=O)Nc1cccc(-n2cc(-c3ccc4c(c3)CCNC4=O)c(N)n2)c1. The molecule has 4 N–H and O–H groups in total. The van der Waals surface area contributed by atoms with Crippen LogP contribution in [0.5, 0.6) is 0 Å². The van der Waals surface area contributed by atoms with E-state index in [4.69, 9.17) is 10.5 Å². The van der Waals surface area contributed by atoms with E-state index in [9.17, 15) is 9.59 Å². The number of carbonyl (C=O) groups is 2. The largest absolute Gasteiger partial charge is 0.504 e. The molecule has 4 rings (SSSR count). The number of nitrogens with two attached hydrogens (primary N) is 1. The lowest BCUT2D eigenvalue weighted by atomic mass is 9.96. The van der Waals surface area contributed by atoms with Crippen LogP contribution in [0.2, 0.25) is 0 Å². The lowest BCUT2D eigenvalue weighted by molar-refractivity contribution is -0.112. The Bertz CT molecular complexity index is 1150. The van der Waals surface area contributed by atoms with Crippen molar-refractivity contribution in [1.29, 1.82) is 0 Å². The summed E-state index contributed by atoms with van der Waals surface area (Å²) in [4.78, 5) is 23.8. The Hall–Kier alpha value is -4.07. The predicted molar refractivity (Wildman–Crippen MR) is 114 cm³/mol. The molecule has 0 saturated heterocycles. The number of nitrogen functional groups attached to an aromatic ring is 1. The van der Waals surface area contributed by atoms with Gasteiger partial charge in [-0.1, -0.05) is 18.2 Å². The molecule has 2 heterocycles. The van der Waals surface area contributed by atoms with E-state index in [-0.39, 0.29) is 11.8 Å². The fourth-order valence-electron chi connectivity index (χ4n) is 3.38. The summed E-state index contributed by atoms with van der Waals surface area (Å²) >= 11 is 0. The number of nitrogens with zero attached hydrogens (tertiary/aromatic N) is 2. The molecule has 2 aromatic carbocycles. The van der Waals surface area contributed by atoms with Crippen molar-refractivity contribution in [3.05, 3.63) is 72.1 Å². The molecule has 0 bridgehead atoms. The number of hydrogen-bond donors (Lipinski definition) is 3. The van der Waals surface area contributed by atoms with E-state index in [0.717, 1.165) is 28.8 Å². The number of methoxy groups -OCH3 is 1. The molecule has 1 aromatic heterocycles. The fraction of sp³-hybridized carbons (Fsp3) is 0.136. The molecular formula is C22H21N5O3. The van der Waals surface area contributed by atoms with Gasteiger partial charge in [-0.25, -0.2) is 4.68 Å². The maximum absolute atomic E-state index is 12.0. The van der Waals surface area contributed by atoms with Crippen molar-refractivity contribution in [2.45, 2.75) is 6.42 Å². The zero-order valence-corrected chi connectivity index (χ0v) is 16.4. The summed E-state index contributed by atoms with van der Waals surface area (Å²) in [6.07, 6.45) is 5.23. The van der Waals surface area contributed by atoms with Crippen molar-refractivity contribution in [2.75, 3.05) is 24.7 Å². The van der Waals surface area contributed by atoms with Crippen LogP contribution in [0.3, 0.4) is 0 Å². The number of nitrogens with one attached hydrogen (secondary N) is 2. The highest BCUT2D eigenvalue weighted by Gasteiger charge is 2.18. The van der Waals surface area contributed by atoms with E-state index in [1.54, 1.807) is 16.8 Å². The average Bonchev–Trinajstić information content (AvgIpc) is 3.14. The maximum Gasteiger partial charge on any atom is 0.251 e. The Balaban J connectivity index is 1.62. The molecular weight excluding hydrogens is 382 g/mol. The smallest absolute Gasteiger partial charge is 0.251 e. The molecule has 152 valence electrons. The van der Waals surface area contributed by atoms with Crippen LogP contribution in [0.15, 0.2) is 61.0 Å². The van der Waals surface area contributed by atoms with Crippen LogP contribution in [0.4, 0.5) is 11.5 Å². The molecule has 0 fully saturated rings. The summed E-state index contributed by atoms with van der Waals surface area (Å²) in [6, 6.07) is 13.0. The van der Waals surface area contributed by atoms with E-state index in [0.29, 0.717) is 23.6 Å². The van der Waals surface area contributed by atoms with E-state index < -0.39 is 0 Å². The lowest BCUT2D eigenvalue weighted by Gasteiger charge is -2.17. The average molecular weight is 403 g/mol. The van der Waals surface area contributed by atoms with Gasteiger partial charge in [0.25, 0.3) is 11.8 Å². The van der Waals surface area contributed by atoms with Gasteiger partial charge in [-0.15, -0.1) is 0 Å². The topological polar surface area (TPSA) is 111 Å². The molecule has 1 aliphatic heterocycles. The van der Waals surface area contributed by atoms with Crippen molar-refractivity contribution >= 4 is 23.3 Å². The van der Waals surface area contributed by atoms with Crippen molar-refractivity contribution in [3.8, 4) is 16.8 Å². The number of benzene rings is 2. The van der Waals surface area contributed by atoms with E-state index >= 15 is 0 Å². The van der Waals surface area contributed by atoms with Gasteiger partial charge in [-0.05, 0) is 41.8 Å². The number of ether oxygens (including phenoxy) is 1. The van der Waals surface area contributed by atoms with Crippen LogP contribution < -0.4 is 16.4 Å². The van der Waals surface area contributed by atoms with E-state index in [1.165, 1.54) is 19.4 Å². The molecule has 0 aliphatic carbocycles. The van der Waals surface area contributed by atoms with Gasteiger partial charge in [-0.2, -0.15) is 5.10 Å². The van der Waals surface area contributed by atoms with Crippen LogP contribution in [0, 0.1) is 0 Å². The summed E-state index contributed by atoms with van der Waals surface area (Å²) in [5.41, 5.74) is 10.9. The van der Waals surface area contributed by atoms with Crippen molar-refractivity contribution in [1.82, 2.24) is 15.1 Å². The molecule has 0 atom stereocenters. The highest BCUT2D eigenvalue weighted by atomic mass is 16.5. The minimum Gasteiger partial charge on any atom is -0.504 e. The van der Waals surface area contributed by atoms with Gasteiger partial charge >= 0.3 is 0 Å². The Labute approximate surface area is 173 Å². The van der Waals surface area contributed by atoms with Gasteiger partial charge in [0.05, 0.1) is 19.1 Å². The van der Waals surface area contributed by atoms with Crippen molar-refractivity contribution in [3.63, 3.8) is 0 Å². The summed E-state index contributed by atoms with van der Waals surface area (Å²) in [5.74, 6) is 0.0334. The molecule has 2 amide bonds. The Morgan fingerprint density at radius 1 is 1.27 bits per heavy atom. The second-order valence-electron chi connectivity index (χ2n) is 6.83. The highest BCUT2D eigenvalue weighted by Crippen LogP contribution is 2.29. The Kier molecular flexibility index (Phi) is 5.21. The first kappa shape index (κ1) is 19.3. The summed E-state index contributed by atoms with van der Waals surface area (Å²) in [7, 11) is 1.47. The van der Waals surface area contributed by atoms with Crippen LogP contribution in [-0.4, -0.2) is 35.2 Å². The normalized spacial score (nSPS) is 13.0. The molecule has 3 aromatic rings. The van der Waals surface area contributed by atoms with Gasteiger partial charge in [-0.3, -0.25) is 9.59 Å². The fourth-order valence-corrected chi connectivity index (χ4v) is 3.38. The number of carbonyl (C=O) groups excluding carboxylic acids is 2. The van der Waals surface area contributed by atoms with Crippen molar-refractivity contribution in [2.24, 2.45) is 0 Å². The predicted octanol–water partition coefficient (Wildman–Crippen LogP) is 2.51. The Morgan fingerprint density at radius 3 is 2.97 bits per heavy atom. The van der Waals surface area contributed by atoms with Gasteiger partial charge in [0.1, 0.15) is 0 Å². The number of anilines is 2. The number of rotatable bonds is 5. The first-order chi connectivity index (χ1) is 14.5. The molecule has 0 spiro atoms. The quantitative estimate of drug-likeness (QED) is 0.448. The number of fused-ring (bicyclic) bond motifs is 1. The molecule has 30 heavy (non-hydrogen) atoms. The van der Waals surface area contributed by atoms with Gasteiger partial charge < -0.3 is 21.1 Å². The number of aromatic nitrogens is 2. The second-order valence-corrected chi connectivity index (χ2v) is 6.83. The third-order valence-electron chi connectivity index (χ3n) is 4.82. The highest BCUT2D eigenvalue weighted by molar-refractivity contribution is 5.99. The zero-order valence-electron chi connectivity index (χ0n) is 16.4. The van der Waals surface area contributed by atoms with E-state index in [1.807, 2.05) is 36.5 Å². The molecule has 1 aliphatic rings. The van der Waals surface area contributed by atoms with Gasteiger partial charge in [0, 0.05) is 35.6 Å². The first-order valence-electron chi connectivity index (χ1n) is 9.42. The summed E-state index contributed by atoms with van der Waals surface area (Å²) in [5, 5.41) is 10.0. The third-order valence-corrected chi connectivity index (χ3v) is 4.82. The second kappa shape index (κ2) is 8.12. The maximum atomic E-state index is 12.0. The minimum atomic E-state index is -0.298.